The molecule has 106 valence electrons. The van der Waals surface area contributed by atoms with Crippen LogP contribution in [0.5, 0.6) is 11.5 Å². The van der Waals surface area contributed by atoms with E-state index in [0.29, 0.717) is 17.1 Å². The Morgan fingerprint density at radius 1 is 1.20 bits per heavy atom. The second-order valence-electron chi connectivity index (χ2n) is 3.75. The molecule has 0 aliphatic rings. The first-order valence-electron chi connectivity index (χ1n) is 5.62. The van der Waals surface area contributed by atoms with Gasteiger partial charge in [0.2, 0.25) is 0 Å². The lowest BCUT2D eigenvalue weighted by Gasteiger charge is -2.06. The van der Waals surface area contributed by atoms with Crippen LogP contribution in [0.2, 0.25) is 0 Å². The third-order valence-electron chi connectivity index (χ3n) is 2.52. The minimum absolute atomic E-state index is 0.209. The Morgan fingerprint density at radius 3 is 2.60 bits per heavy atom. The Balaban J connectivity index is 2.32. The summed E-state index contributed by atoms with van der Waals surface area (Å²) < 4.78 is 38.0. The minimum Gasteiger partial charge on any atom is -0.497 e. The molecule has 0 aliphatic carbocycles. The van der Waals surface area contributed by atoms with Gasteiger partial charge in [0, 0.05) is 11.6 Å². The second-order valence-corrected chi connectivity index (χ2v) is 6.56. The fourth-order valence-electron chi connectivity index (χ4n) is 1.51. The molecule has 1 aromatic carbocycles. The van der Waals surface area contributed by atoms with Crippen molar-refractivity contribution in [2.45, 2.75) is 4.21 Å². The van der Waals surface area contributed by atoms with Crippen LogP contribution in [-0.4, -0.2) is 28.9 Å². The van der Waals surface area contributed by atoms with Crippen molar-refractivity contribution in [1.82, 2.24) is 0 Å². The summed E-state index contributed by atoms with van der Waals surface area (Å²) in [5.74, 6) is 1.12. The van der Waals surface area contributed by atoms with E-state index in [1.807, 2.05) is 0 Å². The predicted octanol–water partition coefficient (Wildman–Crippen LogP) is 2.57. The molecule has 7 heteroatoms. The van der Waals surface area contributed by atoms with Gasteiger partial charge < -0.3 is 9.47 Å². The minimum atomic E-state index is -3.65. The van der Waals surface area contributed by atoms with Crippen molar-refractivity contribution in [3.05, 3.63) is 41.3 Å². The van der Waals surface area contributed by atoms with Crippen LogP contribution < -0.4 is 9.47 Å². The van der Waals surface area contributed by atoms with E-state index in [1.54, 1.807) is 36.8 Å². The summed E-state index contributed by atoms with van der Waals surface area (Å²) >= 11 is 1.13. The first kappa shape index (κ1) is 14.5. The normalized spacial score (nSPS) is 11.7. The lowest BCUT2D eigenvalue weighted by Crippen LogP contribution is -1.97. The SMILES string of the molecule is COc1ccc(/C=N\S(=O)(=O)c2cccs2)c(OC)c1. The largest absolute Gasteiger partial charge is 0.497 e. The van der Waals surface area contributed by atoms with Crippen LogP contribution in [0.1, 0.15) is 5.56 Å². The molecule has 0 unspecified atom stereocenters. The van der Waals surface area contributed by atoms with Crippen LogP contribution in [0.25, 0.3) is 0 Å². The average Bonchev–Trinajstić information content (AvgIpc) is 3.00. The zero-order chi connectivity index (χ0) is 14.6. The Kier molecular flexibility index (Phi) is 4.41. The van der Waals surface area contributed by atoms with Gasteiger partial charge in [-0.25, -0.2) is 0 Å². The fraction of sp³-hybridized carbons (Fsp3) is 0.154. The van der Waals surface area contributed by atoms with E-state index in [4.69, 9.17) is 9.47 Å². The molecule has 5 nitrogen and oxygen atoms in total. The van der Waals surface area contributed by atoms with Crippen molar-refractivity contribution in [2.75, 3.05) is 14.2 Å². The zero-order valence-electron chi connectivity index (χ0n) is 10.9. The lowest BCUT2D eigenvalue weighted by molar-refractivity contribution is 0.394. The van der Waals surface area contributed by atoms with Gasteiger partial charge in [-0.15, -0.1) is 11.3 Å². The van der Waals surface area contributed by atoms with Gasteiger partial charge in [0.15, 0.2) is 0 Å². The van der Waals surface area contributed by atoms with Gasteiger partial charge in [-0.1, -0.05) is 6.07 Å². The first-order valence-corrected chi connectivity index (χ1v) is 7.94. The lowest BCUT2D eigenvalue weighted by atomic mass is 10.2. The van der Waals surface area contributed by atoms with E-state index >= 15 is 0 Å². The van der Waals surface area contributed by atoms with Gasteiger partial charge in [0.05, 0.1) is 20.4 Å². The smallest absolute Gasteiger partial charge is 0.291 e. The van der Waals surface area contributed by atoms with Crippen LogP contribution in [0.15, 0.2) is 44.3 Å². The van der Waals surface area contributed by atoms with Crippen LogP contribution >= 0.6 is 11.3 Å². The highest BCUT2D eigenvalue weighted by atomic mass is 32.2. The highest BCUT2D eigenvalue weighted by molar-refractivity contribution is 7.92. The third-order valence-corrected chi connectivity index (χ3v) is 5.13. The second kappa shape index (κ2) is 6.06. The number of thiophene rings is 1. The van der Waals surface area contributed by atoms with Crippen LogP contribution in [0.4, 0.5) is 0 Å². The molecule has 20 heavy (non-hydrogen) atoms. The highest BCUT2D eigenvalue weighted by Gasteiger charge is 2.13. The summed E-state index contributed by atoms with van der Waals surface area (Å²) in [5, 5.41) is 1.69. The number of sulfonamides is 1. The molecule has 2 aromatic rings. The van der Waals surface area contributed by atoms with E-state index in [2.05, 4.69) is 4.40 Å². The quantitative estimate of drug-likeness (QED) is 0.796. The third kappa shape index (κ3) is 3.17. The Hall–Kier alpha value is -1.86. The van der Waals surface area contributed by atoms with Crippen molar-refractivity contribution < 1.29 is 17.9 Å². The number of rotatable bonds is 5. The van der Waals surface area contributed by atoms with Crippen LogP contribution in [0, 0.1) is 0 Å². The number of benzene rings is 1. The summed E-state index contributed by atoms with van der Waals surface area (Å²) in [6, 6.07) is 8.25. The molecule has 0 saturated carbocycles. The van der Waals surface area contributed by atoms with Crippen LogP contribution in [-0.2, 0) is 10.0 Å². The highest BCUT2D eigenvalue weighted by Crippen LogP contribution is 2.24. The molecule has 1 heterocycles. The van der Waals surface area contributed by atoms with E-state index in [-0.39, 0.29) is 4.21 Å². The van der Waals surface area contributed by atoms with Gasteiger partial charge in [-0.2, -0.15) is 12.8 Å². The summed E-state index contributed by atoms with van der Waals surface area (Å²) in [5.41, 5.74) is 0.563. The summed E-state index contributed by atoms with van der Waals surface area (Å²) in [6.45, 7) is 0. The fourth-order valence-corrected chi connectivity index (χ4v) is 3.35. The standard InChI is InChI=1S/C13H13NO4S2/c1-17-11-6-5-10(12(8-11)18-2)9-14-20(15,16)13-4-3-7-19-13/h3-9H,1-2H3/b14-9-. The Labute approximate surface area is 121 Å². The van der Waals surface area contributed by atoms with Gasteiger partial charge in [0.25, 0.3) is 10.0 Å². The molecule has 0 spiro atoms. The van der Waals surface area contributed by atoms with Crippen molar-refractivity contribution >= 4 is 27.6 Å². The van der Waals surface area contributed by atoms with Crippen molar-refractivity contribution in [1.29, 1.82) is 0 Å². The van der Waals surface area contributed by atoms with E-state index < -0.39 is 10.0 Å². The predicted molar refractivity (Wildman–Crippen MR) is 78.6 cm³/mol. The topological polar surface area (TPSA) is 65.0 Å². The van der Waals surface area contributed by atoms with Gasteiger partial charge in [-0.3, -0.25) is 0 Å². The molecule has 0 atom stereocenters. The van der Waals surface area contributed by atoms with Crippen molar-refractivity contribution in [2.24, 2.45) is 4.40 Å². The molecule has 0 N–H and O–H groups in total. The monoisotopic (exact) mass is 311 g/mol. The summed E-state index contributed by atoms with van der Waals surface area (Å²) in [6.07, 6.45) is 1.27. The molecule has 0 aliphatic heterocycles. The first-order chi connectivity index (χ1) is 9.56. The molecule has 0 bridgehead atoms. The zero-order valence-corrected chi connectivity index (χ0v) is 12.6. The van der Waals surface area contributed by atoms with Crippen molar-refractivity contribution in [3.63, 3.8) is 0 Å². The maximum atomic E-state index is 11.9. The van der Waals surface area contributed by atoms with E-state index in [1.165, 1.54) is 19.4 Å². The van der Waals surface area contributed by atoms with Gasteiger partial charge in [-0.05, 0) is 23.6 Å². The maximum Gasteiger partial charge on any atom is 0.291 e. The van der Waals surface area contributed by atoms with Crippen molar-refractivity contribution in [3.8, 4) is 11.5 Å². The van der Waals surface area contributed by atoms with Gasteiger partial charge >= 0.3 is 0 Å². The Morgan fingerprint density at radius 2 is 2.00 bits per heavy atom. The van der Waals surface area contributed by atoms with Gasteiger partial charge in [0.1, 0.15) is 15.7 Å². The average molecular weight is 311 g/mol. The number of nitrogens with zero attached hydrogens (tertiary/aromatic N) is 1. The van der Waals surface area contributed by atoms with E-state index in [9.17, 15) is 8.42 Å². The summed E-state index contributed by atoms with van der Waals surface area (Å²) in [7, 11) is -0.609. The number of ether oxygens (including phenoxy) is 2. The number of hydrogen-bond acceptors (Lipinski definition) is 5. The number of hydrogen-bond donors (Lipinski definition) is 0. The van der Waals surface area contributed by atoms with E-state index in [0.717, 1.165) is 11.3 Å². The molecule has 0 fully saturated rings. The number of methoxy groups -OCH3 is 2. The molecule has 0 saturated heterocycles. The summed E-state index contributed by atoms with van der Waals surface area (Å²) in [4.78, 5) is 0. The molecular weight excluding hydrogens is 298 g/mol. The maximum absolute atomic E-state index is 11.9. The molecule has 0 radical (unpaired) electrons. The van der Waals surface area contributed by atoms with Crippen LogP contribution in [0.3, 0.4) is 0 Å². The molecule has 0 amide bonds. The molecular formula is C13H13NO4S2. The molecule has 2 rings (SSSR count). The Bertz CT molecular complexity index is 706. The molecule has 1 aromatic heterocycles.